The van der Waals surface area contributed by atoms with E-state index in [-0.39, 0.29) is 29.3 Å². The second-order valence-electron chi connectivity index (χ2n) is 5.42. The van der Waals surface area contributed by atoms with Crippen LogP contribution in [0.25, 0.3) is 0 Å². The van der Waals surface area contributed by atoms with Crippen molar-refractivity contribution in [3.05, 3.63) is 65.5 Å². The first-order valence-electron chi connectivity index (χ1n) is 7.50. The standard InChI is InChI=1S/C18H20FNO3S/c1-13(15-6-8-16(19)9-7-15)20-18(21)12-24(22)11-14-4-3-5-17(10-14)23-2/h3-10,13H,11-12H2,1-2H3,(H,20,21)/t13-,24+/m1/s1. The zero-order valence-corrected chi connectivity index (χ0v) is 14.4. The molecule has 0 saturated heterocycles. The number of benzene rings is 2. The summed E-state index contributed by atoms with van der Waals surface area (Å²) in [6.07, 6.45) is 0. The Labute approximate surface area is 143 Å². The summed E-state index contributed by atoms with van der Waals surface area (Å²) in [6, 6.07) is 12.9. The molecule has 2 atom stereocenters. The first-order valence-corrected chi connectivity index (χ1v) is 8.99. The number of carbonyl (C=O) groups is 1. The number of nitrogens with one attached hydrogen (secondary N) is 1. The second-order valence-corrected chi connectivity index (χ2v) is 6.88. The van der Waals surface area contributed by atoms with Gasteiger partial charge in [-0.25, -0.2) is 4.39 Å². The molecule has 0 aliphatic heterocycles. The van der Waals surface area contributed by atoms with E-state index in [1.807, 2.05) is 18.2 Å². The van der Waals surface area contributed by atoms with Gasteiger partial charge < -0.3 is 10.1 Å². The van der Waals surface area contributed by atoms with E-state index in [0.29, 0.717) is 5.75 Å². The molecule has 0 spiro atoms. The number of ether oxygens (including phenoxy) is 1. The minimum Gasteiger partial charge on any atom is -0.497 e. The van der Waals surface area contributed by atoms with Crippen molar-refractivity contribution in [3.8, 4) is 5.75 Å². The molecule has 1 amide bonds. The van der Waals surface area contributed by atoms with Crippen LogP contribution < -0.4 is 10.1 Å². The lowest BCUT2D eigenvalue weighted by Gasteiger charge is -2.14. The Kier molecular flexibility index (Phi) is 6.49. The Bertz CT molecular complexity index is 718. The SMILES string of the molecule is COc1cccc(C[S@](=O)CC(=O)N[C@H](C)c2ccc(F)cc2)c1. The molecular formula is C18H20FNO3S. The van der Waals surface area contributed by atoms with Gasteiger partial charge in [0.05, 0.1) is 13.2 Å². The summed E-state index contributed by atoms with van der Waals surface area (Å²) in [7, 11) is 0.254. The van der Waals surface area contributed by atoms with E-state index in [2.05, 4.69) is 5.32 Å². The number of carbonyl (C=O) groups excluding carboxylic acids is 1. The van der Waals surface area contributed by atoms with E-state index in [1.165, 1.54) is 12.1 Å². The van der Waals surface area contributed by atoms with Crippen molar-refractivity contribution < 1.29 is 18.1 Å². The van der Waals surface area contributed by atoms with Crippen LogP contribution in [0.3, 0.4) is 0 Å². The van der Waals surface area contributed by atoms with E-state index in [1.54, 1.807) is 32.2 Å². The van der Waals surface area contributed by atoms with Crippen molar-refractivity contribution in [3.63, 3.8) is 0 Å². The van der Waals surface area contributed by atoms with Crippen LogP contribution in [0.15, 0.2) is 48.5 Å². The van der Waals surface area contributed by atoms with Crippen molar-refractivity contribution in [1.82, 2.24) is 5.32 Å². The van der Waals surface area contributed by atoms with Crippen LogP contribution in [0.4, 0.5) is 4.39 Å². The van der Waals surface area contributed by atoms with Crippen molar-refractivity contribution in [1.29, 1.82) is 0 Å². The smallest absolute Gasteiger partial charge is 0.233 e. The van der Waals surface area contributed by atoms with E-state index >= 15 is 0 Å². The highest BCUT2D eigenvalue weighted by atomic mass is 32.2. The number of methoxy groups -OCH3 is 1. The number of hydrogen-bond donors (Lipinski definition) is 1. The normalized spacial score (nSPS) is 13.1. The number of amides is 1. The number of hydrogen-bond acceptors (Lipinski definition) is 3. The third-order valence-electron chi connectivity index (χ3n) is 3.50. The van der Waals surface area contributed by atoms with Crippen LogP contribution in [0.1, 0.15) is 24.1 Å². The fourth-order valence-corrected chi connectivity index (χ4v) is 3.29. The largest absolute Gasteiger partial charge is 0.497 e. The number of rotatable bonds is 7. The van der Waals surface area contributed by atoms with Gasteiger partial charge in [-0.1, -0.05) is 24.3 Å². The van der Waals surface area contributed by atoms with Gasteiger partial charge in [0.25, 0.3) is 0 Å². The molecule has 2 rings (SSSR count). The van der Waals surface area contributed by atoms with Crippen molar-refractivity contribution >= 4 is 16.7 Å². The molecule has 0 aromatic heterocycles. The third kappa shape index (κ3) is 5.45. The summed E-state index contributed by atoms with van der Waals surface area (Å²) in [5.74, 6) is 0.279. The Morgan fingerprint density at radius 3 is 2.62 bits per heavy atom. The fraction of sp³-hybridized carbons (Fsp3) is 0.278. The Hall–Kier alpha value is -2.21. The highest BCUT2D eigenvalue weighted by molar-refractivity contribution is 7.84. The van der Waals surface area contributed by atoms with Crippen molar-refractivity contribution in [2.45, 2.75) is 18.7 Å². The predicted octanol–water partition coefficient (Wildman–Crippen LogP) is 2.96. The molecule has 4 nitrogen and oxygen atoms in total. The maximum absolute atomic E-state index is 12.9. The van der Waals surface area contributed by atoms with Crippen molar-refractivity contribution in [2.24, 2.45) is 0 Å². The monoisotopic (exact) mass is 349 g/mol. The summed E-state index contributed by atoms with van der Waals surface area (Å²) in [5.41, 5.74) is 1.65. The highest BCUT2D eigenvalue weighted by Crippen LogP contribution is 2.15. The van der Waals surface area contributed by atoms with Gasteiger partial charge in [-0.05, 0) is 42.3 Å². The molecule has 2 aromatic carbocycles. The van der Waals surface area contributed by atoms with Crippen molar-refractivity contribution in [2.75, 3.05) is 12.9 Å². The van der Waals surface area contributed by atoms with Crippen LogP contribution in [-0.2, 0) is 21.3 Å². The Balaban J connectivity index is 1.86. The van der Waals surface area contributed by atoms with E-state index in [9.17, 15) is 13.4 Å². The van der Waals surface area contributed by atoms with Crippen LogP contribution in [0.2, 0.25) is 0 Å². The first kappa shape index (κ1) is 18.1. The van der Waals surface area contributed by atoms with E-state index in [4.69, 9.17) is 4.74 Å². The zero-order chi connectivity index (χ0) is 17.5. The molecule has 24 heavy (non-hydrogen) atoms. The maximum Gasteiger partial charge on any atom is 0.233 e. The maximum atomic E-state index is 12.9. The van der Waals surface area contributed by atoms with Gasteiger partial charge in [0, 0.05) is 16.6 Å². The van der Waals surface area contributed by atoms with Crippen LogP contribution in [0.5, 0.6) is 5.75 Å². The molecule has 1 N–H and O–H groups in total. The minimum absolute atomic E-state index is 0.0806. The van der Waals surface area contributed by atoms with Crippen LogP contribution in [-0.4, -0.2) is 23.0 Å². The zero-order valence-electron chi connectivity index (χ0n) is 13.6. The summed E-state index contributed by atoms with van der Waals surface area (Å²) in [4.78, 5) is 12.0. The lowest BCUT2D eigenvalue weighted by atomic mass is 10.1. The topological polar surface area (TPSA) is 55.4 Å². The van der Waals surface area contributed by atoms with E-state index < -0.39 is 10.8 Å². The second kappa shape index (κ2) is 8.59. The molecule has 6 heteroatoms. The van der Waals surface area contributed by atoms with Gasteiger partial charge in [-0.2, -0.15) is 0 Å². The van der Waals surface area contributed by atoms with Gasteiger partial charge in [-0.3, -0.25) is 9.00 Å². The van der Waals surface area contributed by atoms with Gasteiger partial charge in [0.1, 0.15) is 17.3 Å². The molecule has 0 unspecified atom stereocenters. The molecule has 0 aliphatic rings. The summed E-state index contributed by atoms with van der Waals surface area (Å²) in [5, 5.41) is 2.78. The highest BCUT2D eigenvalue weighted by Gasteiger charge is 2.13. The van der Waals surface area contributed by atoms with Gasteiger partial charge in [0.2, 0.25) is 5.91 Å². The minimum atomic E-state index is -1.32. The van der Waals surface area contributed by atoms with E-state index in [0.717, 1.165) is 11.1 Å². The first-order chi connectivity index (χ1) is 11.5. The summed E-state index contributed by atoms with van der Waals surface area (Å²) >= 11 is 0. The molecule has 2 aromatic rings. The van der Waals surface area contributed by atoms with Gasteiger partial charge in [-0.15, -0.1) is 0 Å². The molecule has 128 valence electrons. The lowest BCUT2D eigenvalue weighted by molar-refractivity contribution is -0.119. The summed E-state index contributed by atoms with van der Waals surface area (Å²) < 4.78 is 30.2. The fourth-order valence-electron chi connectivity index (χ4n) is 2.26. The van der Waals surface area contributed by atoms with Crippen LogP contribution in [0, 0.1) is 5.82 Å². The predicted molar refractivity (Wildman–Crippen MR) is 92.7 cm³/mol. The average molecular weight is 349 g/mol. The molecule has 0 radical (unpaired) electrons. The Morgan fingerprint density at radius 1 is 1.25 bits per heavy atom. The summed E-state index contributed by atoms with van der Waals surface area (Å²) in [6.45, 7) is 1.80. The van der Waals surface area contributed by atoms with Gasteiger partial charge in [0.15, 0.2) is 0 Å². The molecular weight excluding hydrogens is 329 g/mol. The quantitative estimate of drug-likeness (QED) is 0.836. The Morgan fingerprint density at radius 2 is 1.96 bits per heavy atom. The van der Waals surface area contributed by atoms with Crippen LogP contribution >= 0.6 is 0 Å². The molecule has 0 bridgehead atoms. The van der Waals surface area contributed by atoms with Gasteiger partial charge >= 0.3 is 0 Å². The molecule has 0 saturated carbocycles. The average Bonchev–Trinajstić information content (AvgIpc) is 2.55. The molecule has 0 fully saturated rings. The third-order valence-corrected chi connectivity index (χ3v) is 4.74. The molecule has 0 aliphatic carbocycles. The number of halogens is 1. The lowest BCUT2D eigenvalue weighted by Crippen LogP contribution is -2.31. The molecule has 0 heterocycles.